The lowest BCUT2D eigenvalue weighted by Crippen LogP contribution is -2.23. The van der Waals surface area contributed by atoms with Crippen LogP contribution in [0.4, 0.5) is 0 Å². The molecule has 1 fully saturated rings. The molecule has 0 aliphatic heterocycles. The Morgan fingerprint density at radius 2 is 1.95 bits per heavy atom. The molecule has 1 aliphatic carbocycles. The molecule has 22 heavy (non-hydrogen) atoms. The highest BCUT2D eigenvalue weighted by Crippen LogP contribution is 2.44. The number of hydrogen-bond acceptors (Lipinski definition) is 3. The number of nitriles is 1. The molecule has 2 nitrogen and oxygen atoms in total. The number of benzene rings is 2. The van der Waals surface area contributed by atoms with E-state index in [0.717, 1.165) is 23.4 Å². The Bertz CT molecular complexity index is 836. The highest BCUT2D eigenvalue weighted by molar-refractivity contribution is 7.16. The predicted octanol–water partition coefficient (Wildman–Crippen LogP) is 4.90. The van der Waals surface area contributed by atoms with Crippen molar-refractivity contribution in [3.05, 3.63) is 64.7 Å². The summed E-state index contributed by atoms with van der Waals surface area (Å²) in [5, 5.41) is 8.86. The zero-order valence-corrected chi connectivity index (χ0v) is 13.0. The second-order valence-corrected chi connectivity index (χ2v) is 6.94. The Hall–Kier alpha value is -2.18. The van der Waals surface area contributed by atoms with Crippen molar-refractivity contribution in [2.24, 2.45) is 5.92 Å². The Kier molecular flexibility index (Phi) is 3.40. The van der Waals surface area contributed by atoms with E-state index in [0.29, 0.717) is 5.92 Å². The van der Waals surface area contributed by atoms with Gasteiger partial charge in [-0.15, -0.1) is 11.3 Å². The van der Waals surface area contributed by atoms with Gasteiger partial charge < -0.3 is 0 Å². The molecule has 0 amide bonds. The number of thiazole rings is 1. The number of hydrogen-bond donors (Lipinski definition) is 0. The lowest BCUT2D eigenvalue weighted by Gasteiger charge is -2.36. The van der Waals surface area contributed by atoms with E-state index in [9.17, 15) is 0 Å². The molecule has 0 unspecified atom stereocenters. The average Bonchev–Trinajstić information content (AvgIpc) is 3.00. The van der Waals surface area contributed by atoms with Gasteiger partial charge in [0.2, 0.25) is 0 Å². The van der Waals surface area contributed by atoms with Crippen molar-refractivity contribution < 1.29 is 0 Å². The van der Waals surface area contributed by atoms with Crippen LogP contribution in [0, 0.1) is 17.2 Å². The molecule has 3 heteroatoms. The number of nitrogens with zero attached hydrogens (tertiary/aromatic N) is 2. The Morgan fingerprint density at radius 3 is 2.73 bits per heavy atom. The molecule has 3 aromatic rings. The summed E-state index contributed by atoms with van der Waals surface area (Å²) in [7, 11) is 0. The SMILES string of the molecule is N#Cc1ccc(C2CC(Cc3cccc4ncsc34)C2)cc1. The number of fused-ring (bicyclic) bond motifs is 1. The van der Waals surface area contributed by atoms with Crippen LogP contribution in [0.15, 0.2) is 48.0 Å². The van der Waals surface area contributed by atoms with Gasteiger partial charge in [0.15, 0.2) is 0 Å². The van der Waals surface area contributed by atoms with Gasteiger partial charge in [0, 0.05) is 0 Å². The maximum absolute atomic E-state index is 8.86. The van der Waals surface area contributed by atoms with Gasteiger partial charge in [0.05, 0.1) is 27.4 Å². The molecule has 1 aromatic heterocycles. The third-order valence-corrected chi connectivity index (χ3v) is 5.61. The molecule has 108 valence electrons. The Labute approximate surface area is 134 Å². The van der Waals surface area contributed by atoms with Crippen LogP contribution < -0.4 is 0 Å². The number of aromatic nitrogens is 1. The maximum Gasteiger partial charge on any atom is 0.0991 e. The summed E-state index contributed by atoms with van der Waals surface area (Å²) in [6, 6.07) is 16.7. The van der Waals surface area contributed by atoms with Crippen molar-refractivity contribution in [2.45, 2.75) is 25.2 Å². The van der Waals surface area contributed by atoms with E-state index in [1.54, 1.807) is 11.3 Å². The van der Waals surface area contributed by atoms with Crippen molar-refractivity contribution in [2.75, 3.05) is 0 Å². The van der Waals surface area contributed by atoms with Gasteiger partial charge in [0.25, 0.3) is 0 Å². The summed E-state index contributed by atoms with van der Waals surface area (Å²) < 4.78 is 1.35. The van der Waals surface area contributed by atoms with Crippen LogP contribution in [0.1, 0.15) is 35.4 Å². The third kappa shape index (κ3) is 2.40. The fourth-order valence-corrected chi connectivity index (χ4v) is 4.24. The van der Waals surface area contributed by atoms with Gasteiger partial charge >= 0.3 is 0 Å². The van der Waals surface area contributed by atoms with Crippen LogP contribution in [0.25, 0.3) is 10.2 Å². The summed E-state index contributed by atoms with van der Waals surface area (Å²) in [5.74, 6) is 1.44. The van der Waals surface area contributed by atoms with Crippen LogP contribution in [-0.2, 0) is 6.42 Å². The normalized spacial score (nSPS) is 20.5. The van der Waals surface area contributed by atoms with E-state index in [-0.39, 0.29) is 0 Å². The molecular weight excluding hydrogens is 288 g/mol. The molecule has 1 saturated carbocycles. The summed E-state index contributed by atoms with van der Waals surface area (Å²) in [4.78, 5) is 4.40. The molecule has 0 bridgehead atoms. The van der Waals surface area contributed by atoms with Crippen LogP contribution in [0.5, 0.6) is 0 Å². The first-order chi connectivity index (χ1) is 10.8. The lowest BCUT2D eigenvalue weighted by atomic mass is 9.69. The summed E-state index contributed by atoms with van der Waals surface area (Å²) in [6.45, 7) is 0. The molecule has 4 rings (SSSR count). The summed E-state index contributed by atoms with van der Waals surface area (Å²) >= 11 is 1.75. The molecule has 1 aliphatic rings. The standard InChI is InChI=1S/C19H16N2S/c20-11-13-4-6-15(7-5-13)17-9-14(10-17)8-16-2-1-3-18-19(16)22-12-21-18/h1-7,12,14,17H,8-10H2. The Balaban J connectivity index is 1.43. The first-order valence-electron chi connectivity index (χ1n) is 7.64. The minimum absolute atomic E-state index is 0.665. The topological polar surface area (TPSA) is 36.7 Å². The quantitative estimate of drug-likeness (QED) is 0.689. The fourth-order valence-electron chi connectivity index (χ4n) is 3.42. The highest BCUT2D eigenvalue weighted by Gasteiger charge is 2.30. The van der Waals surface area contributed by atoms with E-state index in [4.69, 9.17) is 5.26 Å². The largest absolute Gasteiger partial charge is 0.245 e. The van der Waals surface area contributed by atoms with Crippen LogP contribution in [0.2, 0.25) is 0 Å². The molecule has 1 heterocycles. The van der Waals surface area contributed by atoms with Gasteiger partial charge in [-0.1, -0.05) is 24.3 Å². The second kappa shape index (κ2) is 5.55. The van der Waals surface area contributed by atoms with Gasteiger partial charge in [0.1, 0.15) is 0 Å². The van der Waals surface area contributed by atoms with Crippen LogP contribution in [-0.4, -0.2) is 4.98 Å². The zero-order chi connectivity index (χ0) is 14.9. The molecule has 0 saturated heterocycles. The molecule has 2 aromatic carbocycles. The first-order valence-corrected chi connectivity index (χ1v) is 8.52. The first kappa shape index (κ1) is 13.5. The van der Waals surface area contributed by atoms with Crippen molar-refractivity contribution in [3.8, 4) is 6.07 Å². The average molecular weight is 304 g/mol. The van der Waals surface area contributed by atoms with Crippen molar-refractivity contribution in [3.63, 3.8) is 0 Å². The molecule has 0 N–H and O–H groups in total. The van der Waals surface area contributed by atoms with Crippen molar-refractivity contribution in [1.82, 2.24) is 4.98 Å². The van der Waals surface area contributed by atoms with E-state index in [2.05, 4.69) is 41.4 Å². The Morgan fingerprint density at radius 1 is 1.14 bits per heavy atom. The van der Waals surface area contributed by atoms with Gasteiger partial charge in [-0.2, -0.15) is 5.26 Å². The minimum atomic E-state index is 0.665. The maximum atomic E-state index is 8.86. The zero-order valence-electron chi connectivity index (χ0n) is 12.2. The van der Waals surface area contributed by atoms with Gasteiger partial charge in [-0.3, -0.25) is 0 Å². The van der Waals surface area contributed by atoms with E-state index < -0.39 is 0 Å². The van der Waals surface area contributed by atoms with Gasteiger partial charge in [-0.05, 0) is 60.4 Å². The fraction of sp³-hybridized carbons (Fsp3) is 0.263. The lowest BCUT2D eigenvalue weighted by molar-refractivity contribution is 0.263. The predicted molar refractivity (Wildman–Crippen MR) is 89.9 cm³/mol. The van der Waals surface area contributed by atoms with Crippen LogP contribution in [0.3, 0.4) is 0 Å². The van der Waals surface area contributed by atoms with Gasteiger partial charge in [-0.25, -0.2) is 4.98 Å². The molecular formula is C19H16N2S. The third-order valence-electron chi connectivity index (χ3n) is 4.69. The summed E-state index contributed by atoms with van der Waals surface area (Å²) in [6.07, 6.45) is 3.66. The number of rotatable bonds is 3. The van der Waals surface area contributed by atoms with Crippen molar-refractivity contribution in [1.29, 1.82) is 5.26 Å². The van der Waals surface area contributed by atoms with Crippen molar-refractivity contribution >= 4 is 21.6 Å². The smallest absolute Gasteiger partial charge is 0.0991 e. The van der Waals surface area contributed by atoms with E-state index >= 15 is 0 Å². The summed E-state index contributed by atoms with van der Waals surface area (Å²) in [5.41, 5.74) is 6.64. The van der Waals surface area contributed by atoms with E-state index in [1.165, 1.54) is 28.7 Å². The monoisotopic (exact) mass is 304 g/mol. The van der Waals surface area contributed by atoms with Crippen LogP contribution >= 0.6 is 11.3 Å². The van der Waals surface area contributed by atoms with E-state index in [1.807, 2.05) is 17.6 Å². The minimum Gasteiger partial charge on any atom is -0.245 e. The molecule has 0 atom stereocenters. The second-order valence-electron chi connectivity index (χ2n) is 6.09. The molecule has 0 spiro atoms. The molecule has 0 radical (unpaired) electrons. The highest BCUT2D eigenvalue weighted by atomic mass is 32.1.